The van der Waals surface area contributed by atoms with Gasteiger partial charge in [0.05, 0.1) is 0 Å². The van der Waals surface area contributed by atoms with Crippen molar-refractivity contribution in [3.8, 4) is 0 Å². The van der Waals surface area contributed by atoms with Crippen LogP contribution in [-0.2, 0) is 7.05 Å². The Kier molecular flexibility index (Phi) is 2.42. The molecule has 1 aromatic heterocycles. The number of hydrogen-bond donors (Lipinski definition) is 1. The molecule has 4 heteroatoms. The minimum Gasteiger partial charge on any atom is -0.354 e. The van der Waals surface area contributed by atoms with Crippen molar-refractivity contribution in [2.45, 2.75) is 6.92 Å². The number of rotatable bonds is 1. The SMILES string of the molecule is CNC(=O)c1c(C)c2cc(F)ccc2n1C. The predicted octanol–water partition coefficient (Wildman–Crippen LogP) is 1.99. The molecule has 0 aliphatic heterocycles. The van der Waals surface area contributed by atoms with Crippen molar-refractivity contribution in [3.05, 3.63) is 35.3 Å². The molecule has 1 amide bonds. The van der Waals surface area contributed by atoms with Crippen LogP contribution in [0.25, 0.3) is 10.9 Å². The molecule has 0 saturated heterocycles. The van der Waals surface area contributed by atoms with Crippen molar-refractivity contribution < 1.29 is 9.18 Å². The molecule has 0 aliphatic rings. The number of aryl methyl sites for hydroxylation is 2. The Morgan fingerprint density at radius 1 is 1.44 bits per heavy atom. The average Bonchev–Trinajstić information content (AvgIpc) is 2.51. The van der Waals surface area contributed by atoms with Crippen LogP contribution in [-0.4, -0.2) is 17.5 Å². The third kappa shape index (κ3) is 1.38. The largest absolute Gasteiger partial charge is 0.354 e. The lowest BCUT2D eigenvalue weighted by Crippen LogP contribution is -2.21. The van der Waals surface area contributed by atoms with Crippen LogP contribution < -0.4 is 5.32 Å². The van der Waals surface area contributed by atoms with Gasteiger partial charge in [0, 0.05) is 25.0 Å². The molecule has 2 rings (SSSR count). The Balaban J connectivity index is 2.81. The lowest BCUT2D eigenvalue weighted by molar-refractivity contribution is 0.0955. The fourth-order valence-corrected chi connectivity index (χ4v) is 2.04. The lowest BCUT2D eigenvalue weighted by atomic mass is 10.1. The standard InChI is InChI=1S/C12H13FN2O/c1-7-9-6-8(13)4-5-10(9)15(3)11(7)12(16)14-2/h4-6H,1-3H3,(H,14,16). The molecule has 1 N–H and O–H groups in total. The van der Waals surface area contributed by atoms with E-state index in [2.05, 4.69) is 5.32 Å². The first-order valence-corrected chi connectivity index (χ1v) is 5.03. The summed E-state index contributed by atoms with van der Waals surface area (Å²) >= 11 is 0. The first-order chi connectivity index (χ1) is 7.56. The van der Waals surface area contributed by atoms with E-state index in [0.29, 0.717) is 5.69 Å². The van der Waals surface area contributed by atoms with Crippen LogP contribution in [0.4, 0.5) is 4.39 Å². The zero-order valence-electron chi connectivity index (χ0n) is 9.47. The average molecular weight is 220 g/mol. The van der Waals surface area contributed by atoms with Crippen molar-refractivity contribution >= 4 is 16.8 Å². The zero-order valence-corrected chi connectivity index (χ0v) is 9.47. The van der Waals surface area contributed by atoms with Gasteiger partial charge in [-0.2, -0.15) is 0 Å². The topological polar surface area (TPSA) is 34.0 Å². The zero-order chi connectivity index (χ0) is 11.9. The summed E-state index contributed by atoms with van der Waals surface area (Å²) in [6.45, 7) is 1.83. The molecule has 0 atom stereocenters. The number of nitrogens with one attached hydrogen (secondary N) is 1. The van der Waals surface area contributed by atoms with Crippen molar-refractivity contribution in [1.82, 2.24) is 9.88 Å². The molecule has 1 heterocycles. The second kappa shape index (κ2) is 3.63. The molecule has 0 bridgehead atoms. The second-order valence-corrected chi connectivity index (χ2v) is 3.77. The van der Waals surface area contributed by atoms with Crippen LogP contribution in [0, 0.1) is 12.7 Å². The fraction of sp³-hybridized carbons (Fsp3) is 0.250. The number of fused-ring (bicyclic) bond motifs is 1. The number of hydrogen-bond acceptors (Lipinski definition) is 1. The number of nitrogens with zero attached hydrogens (tertiary/aromatic N) is 1. The summed E-state index contributed by atoms with van der Waals surface area (Å²) < 4.78 is 14.9. The van der Waals surface area contributed by atoms with Crippen LogP contribution in [0.5, 0.6) is 0 Å². The van der Waals surface area contributed by atoms with Gasteiger partial charge >= 0.3 is 0 Å². The number of carbonyl (C=O) groups is 1. The number of amides is 1. The predicted molar refractivity (Wildman–Crippen MR) is 61.0 cm³/mol. The summed E-state index contributed by atoms with van der Waals surface area (Å²) in [7, 11) is 3.39. The van der Waals surface area contributed by atoms with E-state index in [0.717, 1.165) is 16.5 Å². The number of halogens is 1. The molecular formula is C12H13FN2O. The van der Waals surface area contributed by atoms with Gasteiger partial charge in [-0.25, -0.2) is 4.39 Å². The van der Waals surface area contributed by atoms with Gasteiger partial charge in [-0.1, -0.05) is 0 Å². The maximum atomic E-state index is 13.1. The number of aromatic nitrogens is 1. The van der Waals surface area contributed by atoms with Crippen molar-refractivity contribution in [1.29, 1.82) is 0 Å². The molecule has 0 fully saturated rings. The molecule has 2 aromatic rings. The van der Waals surface area contributed by atoms with Gasteiger partial charge in [0.25, 0.3) is 5.91 Å². The monoisotopic (exact) mass is 220 g/mol. The maximum Gasteiger partial charge on any atom is 0.267 e. The molecule has 16 heavy (non-hydrogen) atoms. The smallest absolute Gasteiger partial charge is 0.267 e. The minimum atomic E-state index is -0.287. The Labute approximate surface area is 92.9 Å². The van der Waals surface area contributed by atoms with Gasteiger partial charge in [-0.15, -0.1) is 0 Å². The molecule has 1 aromatic carbocycles. The van der Waals surface area contributed by atoms with Crippen molar-refractivity contribution in [2.24, 2.45) is 7.05 Å². The van der Waals surface area contributed by atoms with Gasteiger partial charge in [0.1, 0.15) is 11.5 Å². The Hall–Kier alpha value is -1.84. The van der Waals surface area contributed by atoms with Crippen LogP contribution >= 0.6 is 0 Å². The van der Waals surface area contributed by atoms with E-state index >= 15 is 0 Å². The highest BCUT2D eigenvalue weighted by Gasteiger charge is 2.17. The van der Waals surface area contributed by atoms with E-state index in [1.165, 1.54) is 12.1 Å². The summed E-state index contributed by atoms with van der Waals surface area (Å²) in [6.07, 6.45) is 0. The molecule has 0 saturated carbocycles. The summed E-state index contributed by atoms with van der Waals surface area (Å²) in [5.74, 6) is -0.443. The summed E-state index contributed by atoms with van der Waals surface area (Å²) in [6, 6.07) is 4.54. The fourth-order valence-electron chi connectivity index (χ4n) is 2.04. The van der Waals surface area contributed by atoms with E-state index in [1.54, 1.807) is 24.7 Å². The van der Waals surface area contributed by atoms with Gasteiger partial charge in [-0.3, -0.25) is 4.79 Å². The normalized spacial score (nSPS) is 10.8. The minimum absolute atomic E-state index is 0.156. The molecule has 0 spiro atoms. The van der Waals surface area contributed by atoms with Crippen LogP contribution in [0.2, 0.25) is 0 Å². The van der Waals surface area contributed by atoms with E-state index in [-0.39, 0.29) is 11.7 Å². The third-order valence-electron chi connectivity index (χ3n) is 2.86. The first kappa shape index (κ1) is 10.7. The molecular weight excluding hydrogens is 207 g/mol. The summed E-state index contributed by atoms with van der Waals surface area (Å²) in [4.78, 5) is 11.7. The maximum absolute atomic E-state index is 13.1. The number of benzene rings is 1. The number of carbonyl (C=O) groups excluding carboxylic acids is 1. The highest BCUT2D eigenvalue weighted by molar-refractivity contribution is 6.01. The summed E-state index contributed by atoms with van der Waals surface area (Å²) in [5.41, 5.74) is 2.23. The Morgan fingerprint density at radius 2 is 2.12 bits per heavy atom. The molecule has 0 radical (unpaired) electrons. The van der Waals surface area contributed by atoms with Crippen LogP contribution in [0.3, 0.4) is 0 Å². The molecule has 84 valence electrons. The first-order valence-electron chi connectivity index (χ1n) is 5.03. The van der Waals surface area contributed by atoms with E-state index in [1.807, 2.05) is 6.92 Å². The highest BCUT2D eigenvalue weighted by Crippen LogP contribution is 2.25. The Morgan fingerprint density at radius 3 is 2.75 bits per heavy atom. The van der Waals surface area contributed by atoms with E-state index in [4.69, 9.17) is 0 Å². The van der Waals surface area contributed by atoms with Gasteiger partial charge in [-0.05, 0) is 30.7 Å². The van der Waals surface area contributed by atoms with E-state index in [9.17, 15) is 9.18 Å². The van der Waals surface area contributed by atoms with E-state index < -0.39 is 0 Å². The van der Waals surface area contributed by atoms with Gasteiger partial charge in [0.15, 0.2) is 0 Å². The Bertz CT molecular complexity index is 572. The van der Waals surface area contributed by atoms with Gasteiger partial charge in [0.2, 0.25) is 0 Å². The summed E-state index contributed by atoms with van der Waals surface area (Å²) in [5, 5.41) is 3.36. The molecule has 3 nitrogen and oxygen atoms in total. The quantitative estimate of drug-likeness (QED) is 0.783. The molecule has 0 aliphatic carbocycles. The molecule has 0 unspecified atom stereocenters. The highest BCUT2D eigenvalue weighted by atomic mass is 19.1. The van der Waals surface area contributed by atoms with Gasteiger partial charge < -0.3 is 9.88 Å². The van der Waals surface area contributed by atoms with Crippen molar-refractivity contribution in [2.75, 3.05) is 7.05 Å². The lowest BCUT2D eigenvalue weighted by Gasteiger charge is -2.03. The second-order valence-electron chi connectivity index (χ2n) is 3.77. The van der Waals surface area contributed by atoms with Crippen LogP contribution in [0.15, 0.2) is 18.2 Å². The van der Waals surface area contributed by atoms with Crippen LogP contribution in [0.1, 0.15) is 16.1 Å². The van der Waals surface area contributed by atoms with Crippen molar-refractivity contribution in [3.63, 3.8) is 0 Å². The third-order valence-corrected chi connectivity index (χ3v) is 2.86.